The summed E-state index contributed by atoms with van der Waals surface area (Å²) in [5.74, 6) is -0.659. The minimum atomic E-state index is -0.659. The molecule has 1 aromatic heterocycles. The van der Waals surface area contributed by atoms with E-state index in [0.717, 1.165) is 23.8 Å². The molecule has 0 bridgehead atoms. The molecule has 3 rings (SSSR count). The molecule has 0 spiro atoms. The predicted molar refractivity (Wildman–Crippen MR) is 88.7 cm³/mol. The number of para-hydroxylation sites is 2. The van der Waals surface area contributed by atoms with E-state index in [2.05, 4.69) is 17.4 Å². The molecule has 1 N–H and O–H groups in total. The van der Waals surface area contributed by atoms with Crippen molar-refractivity contribution in [1.82, 2.24) is 9.88 Å². The van der Waals surface area contributed by atoms with E-state index in [-0.39, 0.29) is 0 Å². The van der Waals surface area contributed by atoms with Crippen LogP contribution in [0.15, 0.2) is 63.8 Å². The van der Waals surface area contributed by atoms with E-state index in [1.54, 1.807) is 24.3 Å². The molecular formula is C18H18N2O3. The lowest BCUT2D eigenvalue weighted by molar-refractivity contribution is 0.241. The van der Waals surface area contributed by atoms with Crippen molar-refractivity contribution in [2.24, 2.45) is 0 Å². The largest absolute Gasteiger partial charge is 0.428 e. The summed E-state index contributed by atoms with van der Waals surface area (Å²) in [6.07, 6.45) is 2.81. The lowest BCUT2D eigenvalue weighted by atomic mass is 10.1. The Bertz CT molecular complexity index is 849. The van der Waals surface area contributed by atoms with Crippen LogP contribution >= 0.6 is 0 Å². The number of fused-ring (bicyclic) bond motifs is 1. The molecule has 2 aromatic carbocycles. The van der Waals surface area contributed by atoms with Crippen molar-refractivity contribution in [3.63, 3.8) is 0 Å². The summed E-state index contributed by atoms with van der Waals surface area (Å²) in [7, 11) is 0. The number of hydrogen-bond acceptors (Lipinski definition) is 3. The normalized spacial score (nSPS) is 10.8. The van der Waals surface area contributed by atoms with E-state index in [1.165, 1.54) is 5.56 Å². The number of carbonyl (C=O) groups is 1. The number of carbonyl (C=O) groups excluding carboxylic acids is 1. The van der Waals surface area contributed by atoms with Crippen LogP contribution in [0.2, 0.25) is 0 Å². The molecule has 0 atom stereocenters. The number of benzene rings is 2. The maximum atomic E-state index is 12.2. The van der Waals surface area contributed by atoms with Crippen LogP contribution in [-0.4, -0.2) is 17.1 Å². The summed E-state index contributed by atoms with van der Waals surface area (Å²) in [5, 5.41) is 2.77. The van der Waals surface area contributed by atoms with Gasteiger partial charge < -0.3 is 9.73 Å². The topological polar surface area (TPSA) is 64.2 Å². The van der Waals surface area contributed by atoms with Gasteiger partial charge in [-0.2, -0.15) is 4.57 Å². The van der Waals surface area contributed by atoms with Crippen molar-refractivity contribution < 1.29 is 9.21 Å². The molecule has 5 heteroatoms. The van der Waals surface area contributed by atoms with E-state index in [0.29, 0.717) is 17.6 Å². The molecule has 0 saturated carbocycles. The van der Waals surface area contributed by atoms with Crippen molar-refractivity contribution in [1.29, 1.82) is 0 Å². The average Bonchev–Trinajstić information content (AvgIpc) is 2.91. The molecule has 0 saturated heterocycles. The third kappa shape index (κ3) is 3.51. The van der Waals surface area contributed by atoms with E-state index in [4.69, 9.17) is 4.42 Å². The number of nitrogens with one attached hydrogen (secondary N) is 1. The summed E-state index contributed by atoms with van der Waals surface area (Å²) in [6, 6.07) is 16.7. The first-order chi connectivity index (χ1) is 11.3. The third-order valence-corrected chi connectivity index (χ3v) is 3.70. The number of aromatic nitrogens is 1. The van der Waals surface area contributed by atoms with Crippen LogP contribution < -0.4 is 11.1 Å². The van der Waals surface area contributed by atoms with Gasteiger partial charge >= 0.3 is 11.8 Å². The molecule has 3 aromatic rings. The molecule has 0 fully saturated rings. The zero-order chi connectivity index (χ0) is 16.1. The SMILES string of the molecule is O=C(NCCCCc1ccccc1)n1c(=O)oc2ccccc21. The molecule has 0 unspecified atom stereocenters. The molecule has 0 aliphatic carbocycles. The Balaban J connectivity index is 1.53. The summed E-state index contributed by atoms with van der Waals surface area (Å²) in [4.78, 5) is 24.0. The monoisotopic (exact) mass is 310 g/mol. The summed E-state index contributed by atoms with van der Waals surface area (Å²) in [5.41, 5.74) is 2.19. The smallest absolute Gasteiger partial charge is 0.407 e. The molecule has 0 aliphatic rings. The maximum Gasteiger partial charge on any atom is 0.428 e. The second kappa shape index (κ2) is 6.96. The van der Waals surface area contributed by atoms with Gasteiger partial charge in [-0.15, -0.1) is 0 Å². The van der Waals surface area contributed by atoms with Gasteiger partial charge in [-0.25, -0.2) is 9.59 Å². The summed E-state index contributed by atoms with van der Waals surface area (Å²) in [6.45, 7) is 0.525. The number of amides is 1. The summed E-state index contributed by atoms with van der Waals surface area (Å²) >= 11 is 0. The van der Waals surface area contributed by atoms with Gasteiger partial charge in [0.2, 0.25) is 0 Å². The molecule has 5 nitrogen and oxygen atoms in total. The van der Waals surface area contributed by atoms with E-state index in [9.17, 15) is 9.59 Å². The number of hydrogen-bond donors (Lipinski definition) is 1. The fraction of sp³-hybridized carbons (Fsp3) is 0.222. The first kappa shape index (κ1) is 15.1. The summed E-state index contributed by atoms with van der Waals surface area (Å²) < 4.78 is 6.09. The van der Waals surface area contributed by atoms with Gasteiger partial charge in [-0.05, 0) is 37.0 Å². The predicted octanol–water partition coefficient (Wildman–Crippen LogP) is 3.18. The van der Waals surface area contributed by atoms with Gasteiger partial charge in [-0.1, -0.05) is 42.5 Å². The van der Waals surface area contributed by atoms with Crippen LogP contribution in [0, 0.1) is 0 Å². The highest BCUT2D eigenvalue weighted by molar-refractivity contribution is 5.87. The van der Waals surface area contributed by atoms with Gasteiger partial charge in [0.15, 0.2) is 5.58 Å². The minimum absolute atomic E-state index is 0.414. The quantitative estimate of drug-likeness (QED) is 0.736. The van der Waals surface area contributed by atoms with Crippen molar-refractivity contribution in [3.8, 4) is 0 Å². The zero-order valence-corrected chi connectivity index (χ0v) is 12.7. The minimum Gasteiger partial charge on any atom is -0.407 e. The molecular weight excluding hydrogens is 292 g/mol. The Hall–Kier alpha value is -2.82. The van der Waals surface area contributed by atoms with Crippen LogP contribution in [0.4, 0.5) is 4.79 Å². The Morgan fingerprint density at radius 1 is 1.00 bits per heavy atom. The number of nitrogens with zero attached hydrogens (tertiary/aromatic N) is 1. The number of aryl methyl sites for hydroxylation is 1. The highest BCUT2D eigenvalue weighted by Crippen LogP contribution is 2.11. The van der Waals surface area contributed by atoms with Crippen LogP contribution in [-0.2, 0) is 6.42 Å². The number of rotatable bonds is 5. The van der Waals surface area contributed by atoms with E-state index < -0.39 is 11.8 Å². The molecule has 1 amide bonds. The zero-order valence-electron chi connectivity index (χ0n) is 12.7. The van der Waals surface area contributed by atoms with Gasteiger partial charge in [0.1, 0.15) is 0 Å². The number of oxazole rings is 1. The van der Waals surface area contributed by atoms with Crippen molar-refractivity contribution in [2.45, 2.75) is 19.3 Å². The van der Waals surface area contributed by atoms with Gasteiger partial charge in [0.05, 0.1) is 5.52 Å². The van der Waals surface area contributed by atoms with Crippen molar-refractivity contribution in [2.75, 3.05) is 6.54 Å². The Morgan fingerprint density at radius 3 is 2.57 bits per heavy atom. The highest BCUT2D eigenvalue weighted by Gasteiger charge is 2.14. The van der Waals surface area contributed by atoms with Gasteiger partial charge in [0, 0.05) is 6.54 Å². The van der Waals surface area contributed by atoms with Gasteiger partial charge in [0.25, 0.3) is 0 Å². The molecule has 23 heavy (non-hydrogen) atoms. The second-order valence-electron chi connectivity index (χ2n) is 5.35. The lowest BCUT2D eigenvalue weighted by Gasteiger charge is -2.05. The average molecular weight is 310 g/mol. The standard InChI is InChI=1S/C18H18N2O3/c21-17(19-13-7-6-10-14-8-2-1-3-9-14)20-15-11-4-5-12-16(15)23-18(20)22/h1-5,8-9,11-12H,6-7,10,13H2,(H,19,21). The molecule has 1 heterocycles. The Kier molecular flexibility index (Phi) is 4.57. The third-order valence-electron chi connectivity index (χ3n) is 3.70. The fourth-order valence-electron chi connectivity index (χ4n) is 2.53. The molecule has 118 valence electrons. The van der Waals surface area contributed by atoms with Crippen LogP contribution in [0.1, 0.15) is 18.4 Å². The first-order valence-electron chi connectivity index (χ1n) is 7.68. The fourth-order valence-corrected chi connectivity index (χ4v) is 2.53. The maximum absolute atomic E-state index is 12.2. The van der Waals surface area contributed by atoms with Crippen LogP contribution in [0.25, 0.3) is 11.1 Å². The molecule has 0 aliphatic heterocycles. The first-order valence-corrected chi connectivity index (χ1v) is 7.68. The number of unbranched alkanes of at least 4 members (excludes halogenated alkanes) is 1. The molecule has 0 radical (unpaired) electrons. The van der Waals surface area contributed by atoms with Gasteiger partial charge in [-0.3, -0.25) is 0 Å². The van der Waals surface area contributed by atoms with E-state index in [1.807, 2.05) is 18.2 Å². The Morgan fingerprint density at radius 2 is 1.74 bits per heavy atom. The highest BCUT2D eigenvalue weighted by atomic mass is 16.4. The van der Waals surface area contributed by atoms with Crippen LogP contribution in [0.3, 0.4) is 0 Å². The van der Waals surface area contributed by atoms with Crippen molar-refractivity contribution in [3.05, 3.63) is 70.7 Å². The van der Waals surface area contributed by atoms with E-state index >= 15 is 0 Å². The second-order valence-corrected chi connectivity index (χ2v) is 5.35. The lowest BCUT2D eigenvalue weighted by Crippen LogP contribution is -2.34. The Labute approximate surface area is 133 Å². The van der Waals surface area contributed by atoms with Crippen LogP contribution in [0.5, 0.6) is 0 Å². The van der Waals surface area contributed by atoms with Crippen molar-refractivity contribution >= 4 is 17.1 Å².